The fraction of sp³-hybridized carbons (Fsp3) is 0.206. The van der Waals surface area contributed by atoms with Crippen LogP contribution in [0.1, 0.15) is 56.8 Å². The Hall–Kier alpha value is -5.00. The predicted octanol–water partition coefficient (Wildman–Crippen LogP) is 5.81. The zero-order valence-electron chi connectivity index (χ0n) is 24.7. The fourth-order valence-corrected chi connectivity index (χ4v) is 7.14. The molecule has 2 atom stereocenters. The molecule has 11 heteroatoms. The second-order valence-corrected chi connectivity index (χ2v) is 12.9. The summed E-state index contributed by atoms with van der Waals surface area (Å²) in [6.45, 7) is 4.28. The molecular formula is C34H30N4O6S. The summed E-state index contributed by atoms with van der Waals surface area (Å²) in [6.07, 6.45) is 3.64. The molecule has 0 amide bonds. The van der Waals surface area contributed by atoms with Crippen molar-refractivity contribution in [1.29, 1.82) is 0 Å². The summed E-state index contributed by atoms with van der Waals surface area (Å²) in [5.41, 5.74) is 8.09. The second-order valence-electron chi connectivity index (χ2n) is 11.4. The number of carboxylic acid groups (broad SMARTS) is 1. The molecule has 0 fully saturated rings. The van der Waals surface area contributed by atoms with E-state index >= 15 is 0 Å². The lowest BCUT2D eigenvalue weighted by molar-refractivity contribution is -0.137. The SMILES string of the molecule is Cc1ccc2cc1CN1Cc3cc(ccc3OS1(=O)=O)OCc1ccccc1/C=C/n1nnc3c(C)c(ccc31)C2CC(=O)O. The van der Waals surface area contributed by atoms with E-state index in [0.29, 0.717) is 23.4 Å². The van der Waals surface area contributed by atoms with Gasteiger partial charge in [0.05, 0.1) is 11.9 Å². The summed E-state index contributed by atoms with van der Waals surface area (Å²) in [6, 6.07) is 22.5. The number of benzene rings is 4. The van der Waals surface area contributed by atoms with Crippen molar-refractivity contribution in [3.8, 4) is 11.5 Å². The van der Waals surface area contributed by atoms with Crippen molar-refractivity contribution in [2.24, 2.45) is 0 Å². The lowest BCUT2D eigenvalue weighted by Crippen LogP contribution is -2.37. The molecule has 0 radical (unpaired) electrons. The van der Waals surface area contributed by atoms with Crippen molar-refractivity contribution in [3.05, 3.63) is 117 Å². The molecule has 9 bridgehead atoms. The standard InChI is InChI=1S/C34H30N4O6S/c1-21-7-8-24-15-26(21)18-37-19-27-16-28(9-12-32(27)44-45(37,41)42)43-20-25-6-4-3-5-23(25)13-14-38-31-11-10-29(30(24)17-33(39)40)22(2)34(31)35-36-38/h3-16,30H,17-20H2,1-2H3,(H,39,40)/b14-13+. The van der Waals surface area contributed by atoms with Crippen molar-refractivity contribution in [2.45, 2.75) is 45.9 Å². The van der Waals surface area contributed by atoms with Crippen LogP contribution < -0.4 is 8.92 Å². The van der Waals surface area contributed by atoms with Gasteiger partial charge in [0.2, 0.25) is 0 Å². The molecule has 2 unspecified atom stereocenters. The second kappa shape index (κ2) is 11.2. The third kappa shape index (κ3) is 5.45. The highest BCUT2D eigenvalue weighted by molar-refractivity contribution is 7.84. The molecule has 3 aliphatic rings. The van der Waals surface area contributed by atoms with Crippen molar-refractivity contribution in [3.63, 3.8) is 0 Å². The van der Waals surface area contributed by atoms with Crippen LogP contribution in [0.15, 0.2) is 72.8 Å². The van der Waals surface area contributed by atoms with Crippen molar-refractivity contribution < 1.29 is 27.2 Å². The number of nitrogens with zero attached hydrogens (tertiary/aromatic N) is 4. The smallest absolute Gasteiger partial charge is 0.385 e. The highest BCUT2D eigenvalue weighted by Gasteiger charge is 2.33. The Bertz CT molecular complexity index is 2120. The van der Waals surface area contributed by atoms with E-state index < -0.39 is 22.2 Å². The van der Waals surface area contributed by atoms with E-state index in [4.69, 9.17) is 8.92 Å². The van der Waals surface area contributed by atoms with Crippen LogP contribution in [-0.4, -0.2) is 38.8 Å². The fourth-order valence-electron chi connectivity index (χ4n) is 6.05. The van der Waals surface area contributed by atoms with Gasteiger partial charge in [-0.3, -0.25) is 4.79 Å². The number of hydrogen-bond acceptors (Lipinski definition) is 7. The average molecular weight is 623 g/mol. The van der Waals surface area contributed by atoms with E-state index in [0.717, 1.165) is 44.5 Å². The third-order valence-electron chi connectivity index (χ3n) is 8.55. The van der Waals surface area contributed by atoms with Gasteiger partial charge in [-0.1, -0.05) is 53.7 Å². The molecular weight excluding hydrogens is 592 g/mol. The Balaban J connectivity index is 1.40. The number of aliphatic carboxylic acids is 1. The lowest BCUT2D eigenvalue weighted by atomic mass is 9.84. The molecule has 45 heavy (non-hydrogen) atoms. The number of fused-ring (bicyclic) bond motifs is 2. The summed E-state index contributed by atoms with van der Waals surface area (Å²) in [5, 5.41) is 18.8. The van der Waals surface area contributed by atoms with Crippen molar-refractivity contribution >= 4 is 39.6 Å². The van der Waals surface area contributed by atoms with Gasteiger partial charge in [-0.2, -0.15) is 12.7 Å². The van der Waals surface area contributed by atoms with Gasteiger partial charge in [-0.25, -0.2) is 4.68 Å². The highest BCUT2D eigenvalue weighted by atomic mass is 32.2. The molecule has 4 aromatic carbocycles. The van der Waals surface area contributed by atoms with Crippen LogP contribution in [0.3, 0.4) is 0 Å². The van der Waals surface area contributed by atoms with Crippen LogP contribution in [0.4, 0.5) is 0 Å². The molecule has 10 nitrogen and oxygen atoms in total. The van der Waals surface area contributed by atoms with Gasteiger partial charge in [-0.15, -0.1) is 5.10 Å². The monoisotopic (exact) mass is 622 g/mol. The maximum Gasteiger partial charge on any atom is 0.385 e. The Kier molecular flexibility index (Phi) is 7.14. The quantitative estimate of drug-likeness (QED) is 0.262. The zero-order valence-corrected chi connectivity index (χ0v) is 25.5. The third-order valence-corrected chi connectivity index (χ3v) is 9.83. The molecule has 0 aliphatic carbocycles. The van der Waals surface area contributed by atoms with Gasteiger partial charge < -0.3 is 14.0 Å². The van der Waals surface area contributed by atoms with Gasteiger partial charge in [0.15, 0.2) is 0 Å². The number of carboxylic acids is 1. The number of aromatic nitrogens is 3. The Morgan fingerprint density at radius 2 is 1.80 bits per heavy atom. The number of ether oxygens (including phenoxy) is 1. The van der Waals surface area contributed by atoms with E-state index in [1.807, 2.05) is 80.7 Å². The first-order valence-electron chi connectivity index (χ1n) is 14.5. The molecule has 1 aromatic heterocycles. The molecule has 1 N–H and O–H groups in total. The molecule has 4 heterocycles. The van der Waals surface area contributed by atoms with Crippen LogP contribution in [-0.2, 0) is 34.8 Å². The van der Waals surface area contributed by atoms with Gasteiger partial charge in [0.1, 0.15) is 23.6 Å². The minimum atomic E-state index is -4.08. The summed E-state index contributed by atoms with van der Waals surface area (Å²) >= 11 is 0. The first-order valence-corrected chi connectivity index (χ1v) is 15.9. The Morgan fingerprint density at radius 1 is 0.978 bits per heavy atom. The highest BCUT2D eigenvalue weighted by Crippen LogP contribution is 2.37. The minimum absolute atomic E-state index is 0.0533. The molecule has 5 aromatic rings. The largest absolute Gasteiger partial charge is 0.489 e. The predicted molar refractivity (Wildman–Crippen MR) is 169 cm³/mol. The van der Waals surface area contributed by atoms with Crippen LogP contribution >= 0.6 is 0 Å². The van der Waals surface area contributed by atoms with E-state index in [1.54, 1.807) is 22.9 Å². The first-order chi connectivity index (χ1) is 21.7. The van der Waals surface area contributed by atoms with Crippen LogP contribution in [0, 0.1) is 13.8 Å². The van der Waals surface area contributed by atoms with Crippen molar-refractivity contribution in [2.75, 3.05) is 0 Å². The molecule has 8 rings (SSSR count). The maximum atomic E-state index is 13.2. The van der Waals surface area contributed by atoms with Crippen LogP contribution in [0.5, 0.6) is 11.5 Å². The zero-order chi connectivity index (χ0) is 31.3. The van der Waals surface area contributed by atoms with Gasteiger partial charge in [-0.05, 0) is 83.1 Å². The molecule has 3 aliphatic heterocycles. The van der Waals surface area contributed by atoms with E-state index in [1.165, 1.54) is 4.31 Å². The average Bonchev–Trinajstić information content (AvgIpc) is 3.43. The Morgan fingerprint density at radius 3 is 2.64 bits per heavy atom. The number of rotatable bonds is 2. The van der Waals surface area contributed by atoms with Crippen molar-refractivity contribution in [1.82, 2.24) is 19.3 Å². The molecule has 0 saturated heterocycles. The van der Waals surface area contributed by atoms with Crippen LogP contribution in [0.25, 0.3) is 23.3 Å². The molecule has 0 saturated carbocycles. The Labute approximate surface area is 260 Å². The topological polar surface area (TPSA) is 124 Å². The number of aryl methyl sites for hydroxylation is 2. The molecule has 228 valence electrons. The minimum Gasteiger partial charge on any atom is -0.489 e. The van der Waals surface area contributed by atoms with E-state index in [9.17, 15) is 18.3 Å². The maximum absolute atomic E-state index is 13.2. The summed E-state index contributed by atoms with van der Waals surface area (Å²) < 4.78 is 41.1. The number of carbonyl (C=O) groups is 1. The van der Waals surface area contributed by atoms with Gasteiger partial charge in [0.25, 0.3) is 0 Å². The van der Waals surface area contributed by atoms with Gasteiger partial charge >= 0.3 is 16.3 Å². The number of hydrogen-bond donors (Lipinski definition) is 1. The van der Waals surface area contributed by atoms with E-state index in [2.05, 4.69) is 10.3 Å². The lowest BCUT2D eigenvalue weighted by Gasteiger charge is -2.29. The summed E-state index contributed by atoms with van der Waals surface area (Å²) in [4.78, 5) is 12.1. The normalized spacial score (nSPS) is 19.3. The van der Waals surface area contributed by atoms with Crippen LogP contribution in [0.2, 0.25) is 0 Å². The first kappa shape index (κ1) is 28.8. The molecule has 0 spiro atoms. The van der Waals surface area contributed by atoms with E-state index in [-0.39, 0.29) is 25.3 Å². The van der Waals surface area contributed by atoms with Gasteiger partial charge in [0, 0.05) is 30.8 Å². The summed E-state index contributed by atoms with van der Waals surface area (Å²) in [5.74, 6) is -0.587. The summed E-state index contributed by atoms with van der Waals surface area (Å²) in [7, 11) is -4.08.